The number of nitrogens with two attached hydrogens (primary N) is 2. The third kappa shape index (κ3) is 7.06. The maximum atomic E-state index is 12.5. The van der Waals surface area contributed by atoms with Crippen LogP contribution in [-0.2, 0) is 23.7 Å². The van der Waals surface area contributed by atoms with Crippen LogP contribution < -0.4 is 16.8 Å². The molecule has 0 aromatic rings. The van der Waals surface area contributed by atoms with Gasteiger partial charge in [0.05, 0.1) is 24.3 Å². The van der Waals surface area contributed by atoms with Gasteiger partial charge in [-0.25, -0.2) is 0 Å². The van der Waals surface area contributed by atoms with Crippen molar-refractivity contribution >= 4 is 5.91 Å². The fraction of sp³-hybridized carbons (Fsp3) is 0.958. The summed E-state index contributed by atoms with van der Waals surface area (Å²) in [5, 5.41) is 75.5. The van der Waals surface area contributed by atoms with E-state index in [-0.39, 0.29) is 19.4 Å². The molecule has 0 aromatic heterocycles. The van der Waals surface area contributed by atoms with E-state index >= 15 is 0 Å². The highest BCUT2D eigenvalue weighted by Gasteiger charge is 2.53. The lowest BCUT2D eigenvalue weighted by Crippen LogP contribution is -2.67. The summed E-state index contributed by atoms with van der Waals surface area (Å²) in [7, 11) is 0. The molecule has 0 bridgehead atoms. The van der Waals surface area contributed by atoms with Crippen LogP contribution >= 0.6 is 0 Å². The number of aliphatic hydroxyl groups is 7. The highest BCUT2D eigenvalue weighted by molar-refractivity contribution is 5.80. The van der Waals surface area contributed by atoms with E-state index in [0.29, 0.717) is 6.42 Å². The molecule has 6 unspecified atom stereocenters. The van der Waals surface area contributed by atoms with E-state index < -0.39 is 104 Å². The zero-order chi connectivity index (χ0) is 29.2. The van der Waals surface area contributed by atoms with Crippen molar-refractivity contribution in [3.8, 4) is 0 Å². The van der Waals surface area contributed by atoms with Crippen LogP contribution in [0.25, 0.3) is 0 Å². The molecular weight excluding hydrogens is 522 g/mol. The summed E-state index contributed by atoms with van der Waals surface area (Å²) in [6.45, 7) is 4.81. The van der Waals surface area contributed by atoms with Crippen LogP contribution in [0.4, 0.5) is 0 Å². The molecule has 2 aliphatic heterocycles. The van der Waals surface area contributed by atoms with E-state index in [1.165, 1.54) is 6.92 Å². The molecule has 3 fully saturated rings. The third-order valence-corrected chi connectivity index (χ3v) is 7.75. The summed E-state index contributed by atoms with van der Waals surface area (Å²) in [6, 6.07) is -2.13. The predicted octanol–water partition coefficient (Wildman–Crippen LogP) is -4.64. The first kappa shape index (κ1) is 32.5. The van der Waals surface area contributed by atoms with Crippen LogP contribution in [0.2, 0.25) is 0 Å². The number of hydrogen-bond donors (Lipinski definition) is 10. The minimum atomic E-state index is -1.51. The molecule has 1 amide bonds. The van der Waals surface area contributed by atoms with Gasteiger partial charge >= 0.3 is 0 Å². The smallest absolute Gasteiger partial charge is 0.249 e. The van der Waals surface area contributed by atoms with Crippen LogP contribution in [0.5, 0.6) is 0 Å². The second-order valence-electron chi connectivity index (χ2n) is 10.9. The zero-order valence-electron chi connectivity index (χ0n) is 22.4. The standard InChI is InChI=1S/C24H45N3O12/c1-4-5-11(29)22(35)27-10-6-8(2)19(37-23-13(26)16(32)17(33)20(38-23)9(3)28)21(14(10)30)39-24-18(34)15(31)12(7-25)36-24/h8-21,23-24,28-34H,4-7,25-26H2,1-3H3,(H,27,35)/t8?,9-,10-,11+,12-,13?,14?,15?,16-,17+,18+,19-,20?,21?,23+,24+/m1/s1. The topological polar surface area (TPSA) is 260 Å². The maximum Gasteiger partial charge on any atom is 0.249 e. The average Bonchev–Trinajstić information content (AvgIpc) is 3.16. The summed E-state index contributed by atoms with van der Waals surface area (Å²) in [5.41, 5.74) is 11.7. The van der Waals surface area contributed by atoms with Crippen molar-refractivity contribution in [2.75, 3.05) is 6.54 Å². The lowest BCUT2D eigenvalue weighted by Gasteiger charge is -2.48. The molecule has 12 N–H and O–H groups in total. The molecule has 0 aromatic carbocycles. The number of nitrogens with one attached hydrogen (secondary N) is 1. The zero-order valence-corrected chi connectivity index (χ0v) is 22.4. The molecule has 228 valence electrons. The number of carbonyl (C=O) groups excluding carboxylic acids is 1. The number of ether oxygens (including phenoxy) is 4. The Morgan fingerprint density at radius 2 is 1.62 bits per heavy atom. The molecule has 39 heavy (non-hydrogen) atoms. The normalized spacial score (nSPS) is 46.6. The molecule has 2 heterocycles. The Morgan fingerprint density at radius 1 is 0.974 bits per heavy atom. The van der Waals surface area contributed by atoms with Crippen molar-refractivity contribution < 1.29 is 59.5 Å². The van der Waals surface area contributed by atoms with Crippen LogP contribution in [0.1, 0.15) is 40.0 Å². The quantitative estimate of drug-likeness (QED) is 0.119. The van der Waals surface area contributed by atoms with Crippen LogP contribution in [-0.4, -0.2) is 140 Å². The van der Waals surface area contributed by atoms with E-state index in [9.17, 15) is 40.5 Å². The highest BCUT2D eigenvalue weighted by atomic mass is 16.7. The molecule has 3 rings (SSSR count). The molecule has 3 aliphatic rings. The van der Waals surface area contributed by atoms with E-state index in [4.69, 9.17) is 30.4 Å². The number of aliphatic hydroxyl groups excluding tert-OH is 7. The van der Waals surface area contributed by atoms with Gasteiger partial charge in [-0.05, 0) is 25.7 Å². The Balaban J connectivity index is 1.85. The summed E-state index contributed by atoms with van der Waals surface area (Å²) in [5.74, 6) is -1.14. The van der Waals surface area contributed by atoms with Crippen molar-refractivity contribution in [1.82, 2.24) is 5.32 Å². The summed E-state index contributed by atoms with van der Waals surface area (Å²) >= 11 is 0. The first-order valence-corrected chi connectivity index (χ1v) is 13.5. The lowest BCUT2D eigenvalue weighted by molar-refractivity contribution is -0.320. The van der Waals surface area contributed by atoms with E-state index in [1.54, 1.807) is 6.92 Å². The maximum absolute atomic E-state index is 12.5. The third-order valence-electron chi connectivity index (χ3n) is 7.75. The molecule has 1 aliphatic carbocycles. The fourth-order valence-electron chi connectivity index (χ4n) is 5.38. The first-order chi connectivity index (χ1) is 18.3. The Bertz CT molecular complexity index is 795. The monoisotopic (exact) mass is 567 g/mol. The molecule has 0 radical (unpaired) electrons. The van der Waals surface area contributed by atoms with Crippen molar-refractivity contribution in [2.45, 2.75) is 132 Å². The van der Waals surface area contributed by atoms with Crippen molar-refractivity contribution in [3.05, 3.63) is 0 Å². The summed E-state index contributed by atoms with van der Waals surface area (Å²) in [4.78, 5) is 12.5. The van der Waals surface area contributed by atoms with Gasteiger partial charge in [-0.3, -0.25) is 4.79 Å². The molecular formula is C24H45N3O12. The first-order valence-electron chi connectivity index (χ1n) is 13.5. The SMILES string of the molecule is CCC[C@H](O)C(=O)N[C@@H]1CC(C)[C@@H](O[C@H]2OC([C@@H](C)O)[C@@H](O)[C@H](O)C2N)C(O[C@@H]2O[C@H](CN)C(O)[C@@H]2O)C1O. The number of amides is 1. The van der Waals surface area contributed by atoms with Crippen molar-refractivity contribution in [1.29, 1.82) is 0 Å². The van der Waals surface area contributed by atoms with Gasteiger partial charge in [0.15, 0.2) is 12.6 Å². The van der Waals surface area contributed by atoms with Gasteiger partial charge < -0.3 is 71.5 Å². The Morgan fingerprint density at radius 3 is 2.18 bits per heavy atom. The summed E-state index contributed by atoms with van der Waals surface area (Å²) < 4.78 is 23.3. The lowest BCUT2D eigenvalue weighted by atomic mass is 9.79. The van der Waals surface area contributed by atoms with Gasteiger partial charge in [-0.1, -0.05) is 20.3 Å². The Kier molecular flexibility index (Phi) is 11.4. The van der Waals surface area contributed by atoms with E-state index in [1.807, 2.05) is 6.92 Å². The number of hydrogen-bond acceptors (Lipinski definition) is 14. The molecule has 15 heteroatoms. The van der Waals surface area contributed by atoms with Crippen LogP contribution in [0, 0.1) is 5.92 Å². The van der Waals surface area contributed by atoms with Gasteiger partial charge in [-0.15, -0.1) is 0 Å². The van der Waals surface area contributed by atoms with Crippen LogP contribution in [0.15, 0.2) is 0 Å². The number of carbonyl (C=O) groups is 1. The van der Waals surface area contributed by atoms with Gasteiger partial charge in [0, 0.05) is 6.54 Å². The van der Waals surface area contributed by atoms with Crippen molar-refractivity contribution in [3.63, 3.8) is 0 Å². The van der Waals surface area contributed by atoms with E-state index in [2.05, 4.69) is 5.32 Å². The molecule has 15 nitrogen and oxygen atoms in total. The van der Waals surface area contributed by atoms with Crippen LogP contribution in [0.3, 0.4) is 0 Å². The minimum absolute atomic E-state index is 0.110. The fourth-order valence-corrected chi connectivity index (χ4v) is 5.38. The highest BCUT2D eigenvalue weighted by Crippen LogP contribution is 2.36. The molecule has 16 atom stereocenters. The van der Waals surface area contributed by atoms with Crippen molar-refractivity contribution in [2.24, 2.45) is 17.4 Å². The van der Waals surface area contributed by atoms with Gasteiger partial charge in [0.25, 0.3) is 0 Å². The largest absolute Gasteiger partial charge is 0.391 e. The molecule has 0 spiro atoms. The average molecular weight is 568 g/mol. The molecule has 1 saturated carbocycles. The van der Waals surface area contributed by atoms with Gasteiger partial charge in [0.2, 0.25) is 5.91 Å². The minimum Gasteiger partial charge on any atom is -0.391 e. The van der Waals surface area contributed by atoms with Gasteiger partial charge in [-0.2, -0.15) is 0 Å². The predicted molar refractivity (Wildman–Crippen MR) is 132 cm³/mol. The second kappa shape index (κ2) is 13.7. The second-order valence-corrected chi connectivity index (χ2v) is 10.9. The van der Waals surface area contributed by atoms with E-state index in [0.717, 1.165) is 0 Å². The Labute approximate surface area is 227 Å². The number of rotatable bonds is 10. The van der Waals surface area contributed by atoms with Gasteiger partial charge in [0.1, 0.15) is 54.9 Å². The Hall–Kier alpha value is -1.05. The molecule has 2 saturated heterocycles. The summed E-state index contributed by atoms with van der Waals surface area (Å²) in [6.07, 6.45) is -16.0.